The van der Waals surface area contributed by atoms with E-state index in [1.165, 1.54) is 23.5 Å². The van der Waals surface area contributed by atoms with Crippen LogP contribution in [0.25, 0.3) is 10.6 Å². The molecule has 1 atom stereocenters. The number of halogens is 1. The molecule has 1 N–H and O–H groups in total. The van der Waals surface area contributed by atoms with Gasteiger partial charge in [-0.15, -0.1) is 11.3 Å². The van der Waals surface area contributed by atoms with Crippen molar-refractivity contribution in [2.24, 2.45) is 0 Å². The molecule has 3 rings (SSSR count). The maximum atomic E-state index is 12.8. The van der Waals surface area contributed by atoms with Crippen LogP contribution in [0, 0.1) is 5.82 Å². The fourth-order valence-electron chi connectivity index (χ4n) is 2.18. The van der Waals surface area contributed by atoms with Crippen LogP contribution in [0.1, 0.15) is 22.9 Å². The van der Waals surface area contributed by atoms with Gasteiger partial charge in [0.2, 0.25) is 0 Å². The largest absolute Gasteiger partial charge is 0.481 e. The van der Waals surface area contributed by atoms with Crippen molar-refractivity contribution in [1.29, 1.82) is 0 Å². The number of carbonyl (C=O) groups is 1. The van der Waals surface area contributed by atoms with Crippen LogP contribution in [0.15, 0.2) is 24.3 Å². The number of aliphatic carboxylic acids is 1. The highest BCUT2D eigenvalue weighted by Crippen LogP contribution is 2.39. The zero-order valence-electron chi connectivity index (χ0n) is 9.39. The van der Waals surface area contributed by atoms with Crippen LogP contribution in [-0.2, 0) is 11.2 Å². The molecule has 1 heterocycles. The van der Waals surface area contributed by atoms with Crippen LogP contribution >= 0.6 is 11.3 Å². The van der Waals surface area contributed by atoms with Gasteiger partial charge in [-0.05, 0) is 37.1 Å². The van der Waals surface area contributed by atoms with Gasteiger partial charge >= 0.3 is 5.97 Å². The van der Waals surface area contributed by atoms with Gasteiger partial charge in [0, 0.05) is 10.4 Å². The van der Waals surface area contributed by atoms with Crippen molar-refractivity contribution in [1.82, 2.24) is 4.98 Å². The molecule has 5 heteroatoms. The third kappa shape index (κ3) is 1.80. The van der Waals surface area contributed by atoms with Crippen molar-refractivity contribution >= 4 is 17.3 Å². The number of aryl methyl sites for hydroxylation is 1. The molecule has 1 aliphatic carbocycles. The Morgan fingerprint density at radius 3 is 2.78 bits per heavy atom. The summed E-state index contributed by atoms with van der Waals surface area (Å²) in [5.74, 6) is -1.58. The van der Waals surface area contributed by atoms with Gasteiger partial charge in [-0.1, -0.05) is 0 Å². The quantitative estimate of drug-likeness (QED) is 0.906. The van der Waals surface area contributed by atoms with Crippen LogP contribution in [-0.4, -0.2) is 16.1 Å². The van der Waals surface area contributed by atoms with Crippen molar-refractivity contribution in [2.75, 3.05) is 0 Å². The number of nitrogens with zero attached hydrogens (tertiary/aromatic N) is 1. The number of hydrogen-bond donors (Lipinski definition) is 1. The fraction of sp³-hybridized carbons (Fsp3) is 0.231. The minimum absolute atomic E-state index is 0.286. The minimum Gasteiger partial charge on any atom is -0.481 e. The number of fused-ring (bicyclic) bond motifs is 1. The second-order valence-corrected chi connectivity index (χ2v) is 5.35. The molecular formula is C13H10FNO2S. The van der Waals surface area contributed by atoms with Gasteiger partial charge in [-0.25, -0.2) is 9.37 Å². The van der Waals surface area contributed by atoms with E-state index in [0.717, 1.165) is 21.9 Å². The van der Waals surface area contributed by atoms with Crippen LogP contribution in [0.5, 0.6) is 0 Å². The Morgan fingerprint density at radius 2 is 2.11 bits per heavy atom. The summed E-state index contributed by atoms with van der Waals surface area (Å²) in [7, 11) is 0. The summed E-state index contributed by atoms with van der Waals surface area (Å²) < 4.78 is 12.8. The van der Waals surface area contributed by atoms with Gasteiger partial charge in [0.15, 0.2) is 0 Å². The van der Waals surface area contributed by atoms with Crippen LogP contribution in [0.3, 0.4) is 0 Å². The maximum Gasteiger partial charge on any atom is 0.312 e. The van der Waals surface area contributed by atoms with Crippen molar-refractivity contribution in [3.63, 3.8) is 0 Å². The predicted octanol–water partition coefficient (Wildman–Crippen LogP) is 3.06. The lowest BCUT2D eigenvalue weighted by Gasteiger charge is -2.01. The van der Waals surface area contributed by atoms with E-state index in [1.54, 1.807) is 12.1 Å². The molecule has 92 valence electrons. The van der Waals surface area contributed by atoms with Crippen LogP contribution in [0.4, 0.5) is 4.39 Å². The smallest absolute Gasteiger partial charge is 0.312 e. The summed E-state index contributed by atoms with van der Waals surface area (Å²) in [5.41, 5.74) is 1.52. The minimum atomic E-state index is -0.815. The van der Waals surface area contributed by atoms with E-state index in [2.05, 4.69) is 4.98 Å². The van der Waals surface area contributed by atoms with E-state index in [4.69, 9.17) is 5.11 Å². The number of thiazole rings is 1. The summed E-state index contributed by atoms with van der Waals surface area (Å²) >= 11 is 1.51. The lowest BCUT2D eigenvalue weighted by atomic mass is 10.1. The second kappa shape index (κ2) is 4.17. The first kappa shape index (κ1) is 11.3. The van der Waals surface area contributed by atoms with Gasteiger partial charge in [-0.2, -0.15) is 0 Å². The van der Waals surface area contributed by atoms with Gasteiger partial charge in [0.25, 0.3) is 0 Å². The van der Waals surface area contributed by atoms with Gasteiger partial charge in [-0.3, -0.25) is 4.79 Å². The Morgan fingerprint density at radius 1 is 1.39 bits per heavy atom. The molecule has 18 heavy (non-hydrogen) atoms. The lowest BCUT2D eigenvalue weighted by Crippen LogP contribution is -2.08. The maximum absolute atomic E-state index is 12.8. The van der Waals surface area contributed by atoms with Crippen molar-refractivity contribution < 1.29 is 14.3 Å². The van der Waals surface area contributed by atoms with E-state index in [1.807, 2.05) is 0 Å². The molecule has 0 saturated carbocycles. The van der Waals surface area contributed by atoms with Gasteiger partial charge in [0.05, 0.1) is 5.69 Å². The highest BCUT2D eigenvalue weighted by atomic mass is 32.1. The summed E-state index contributed by atoms with van der Waals surface area (Å²) in [5, 5.41) is 9.86. The lowest BCUT2D eigenvalue weighted by molar-refractivity contribution is -0.138. The van der Waals surface area contributed by atoms with E-state index >= 15 is 0 Å². The second-order valence-electron chi connectivity index (χ2n) is 4.26. The van der Waals surface area contributed by atoms with Gasteiger partial charge < -0.3 is 5.11 Å². The molecule has 1 aliphatic rings. The first-order valence-corrected chi connectivity index (χ1v) is 6.45. The highest BCUT2D eigenvalue weighted by Gasteiger charge is 2.32. The zero-order chi connectivity index (χ0) is 12.7. The molecule has 3 nitrogen and oxygen atoms in total. The average molecular weight is 263 g/mol. The standard InChI is InChI=1S/C13H10FNO2S/c14-8-3-1-7(2-4-8)12-15-11-9(13(16)17)5-6-10(11)18-12/h1-4,9H,5-6H2,(H,16,17). The first-order chi connectivity index (χ1) is 8.65. The SMILES string of the molecule is O=C(O)C1CCc2sc(-c3ccc(F)cc3)nc21. The van der Waals surface area contributed by atoms with Crippen LogP contribution in [0.2, 0.25) is 0 Å². The Labute approximate surface area is 107 Å². The molecule has 0 spiro atoms. The molecule has 0 radical (unpaired) electrons. The van der Waals surface area contributed by atoms with Crippen molar-refractivity contribution in [3.8, 4) is 10.6 Å². The zero-order valence-corrected chi connectivity index (χ0v) is 10.2. The topological polar surface area (TPSA) is 50.2 Å². The summed E-state index contributed by atoms with van der Waals surface area (Å²) in [4.78, 5) is 16.5. The fourth-order valence-corrected chi connectivity index (χ4v) is 3.33. The summed E-state index contributed by atoms with van der Waals surface area (Å²) in [6.45, 7) is 0. The van der Waals surface area contributed by atoms with Gasteiger partial charge in [0.1, 0.15) is 16.7 Å². The monoisotopic (exact) mass is 263 g/mol. The van der Waals surface area contributed by atoms with Crippen LogP contribution < -0.4 is 0 Å². The number of rotatable bonds is 2. The molecule has 0 saturated heterocycles. The average Bonchev–Trinajstić information content (AvgIpc) is 2.88. The van der Waals surface area contributed by atoms with E-state index in [9.17, 15) is 9.18 Å². The number of carboxylic acid groups (broad SMARTS) is 1. The normalized spacial score (nSPS) is 17.7. The first-order valence-electron chi connectivity index (χ1n) is 5.63. The third-order valence-corrected chi connectivity index (χ3v) is 4.29. The summed E-state index contributed by atoms with van der Waals surface area (Å²) in [6, 6.07) is 6.10. The molecular weight excluding hydrogens is 253 g/mol. The number of aromatic nitrogens is 1. The molecule has 0 fully saturated rings. The van der Waals surface area contributed by atoms with E-state index in [-0.39, 0.29) is 5.82 Å². The number of hydrogen-bond acceptors (Lipinski definition) is 3. The molecule has 1 aromatic carbocycles. The molecule has 1 aromatic heterocycles. The Balaban J connectivity index is 1.99. The predicted molar refractivity (Wildman–Crippen MR) is 66.2 cm³/mol. The molecule has 0 amide bonds. The summed E-state index contributed by atoms with van der Waals surface area (Å²) in [6.07, 6.45) is 1.40. The van der Waals surface area contributed by atoms with E-state index in [0.29, 0.717) is 12.1 Å². The molecule has 1 unspecified atom stereocenters. The Kier molecular flexibility index (Phi) is 2.63. The van der Waals surface area contributed by atoms with Crippen molar-refractivity contribution in [3.05, 3.63) is 40.7 Å². The molecule has 0 aliphatic heterocycles. The molecule has 2 aromatic rings. The Bertz CT molecular complexity index is 606. The third-order valence-electron chi connectivity index (χ3n) is 3.11. The van der Waals surface area contributed by atoms with Crippen molar-refractivity contribution in [2.45, 2.75) is 18.8 Å². The molecule has 0 bridgehead atoms. The number of benzene rings is 1. The Hall–Kier alpha value is -1.75. The number of carboxylic acids is 1. The van der Waals surface area contributed by atoms with E-state index < -0.39 is 11.9 Å². The highest BCUT2D eigenvalue weighted by molar-refractivity contribution is 7.15.